The van der Waals surface area contributed by atoms with Crippen LogP contribution < -0.4 is 15.8 Å². The number of aromatic nitrogens is 4. The molecule has 0 saturated heterocycles. The monoisotopic (exact) mass is 511 g/mol. The Hall–Kier alpha value is -4.92. The average Bonchev–Trinajstić information content (AvgIpc) is 3.26. The molecule has 0 spiro atoms. The predicted octanol–water partition coefficient (Wildman–Crippen LogP) is 3.00. The van der Waals surface area contributed by atoms with Crippen LogP contribution in [0.3, 0.4) is 0 Å². The van der Waals surface area contributed by atoms with Gasteiger partial charge >= 0.3 is 11.7 Å². The summed E-state index contributed by atoms with van der Waals surface area (Å²) in [5, 5.41) is 10.8. The first kappa shape index (κ1) is 24.8. The van der Waals surface area contributed by atoms with Gasteiger partial charge in [0.1, 0.15) is 6.54 Å². The van der Waals surface area contributed by atoms with Crippen LogP contribution in [0.4, 0.5) is 0 Å². The van der Waals surface area contributed by atoms with Gasteiger partial charge in [-0.25, -0.2) is 18.7 Å². The lowest BCUT2D eigenvalue weighted by molar-refractivity contribution is -0.663. The Bertz CT molecular complexity index is 1690. The number of rotatable bonds is 8. The molecule has 9 nitrogen and oxygen atoms in total. The van der Waals surface area contributed by atoms with Crippen LogP contribution in [0, 0.1) is 0 Å². The molecule has 2 unspecified atom stereocenters. The minimum atomic E-state index is -1.09. The molecule has 0 aliphatic heterocycles. The van der Waals surface area contributed by atoms with Crippen molar-refractivity contribution in [2.24, 2.45) is 0 Å². The summed E-state index contributed by atoms with van der Waals surface area (Å²) in [6.45, 7) is 2.37. The number of hydrogen-bond donors (Lipinski definition) is 3. The van der Waals surface area contributed by atoms with Gasteiger partial charge in [-0.05, 0) is 30.2 Å². The van der Waals surface area contributed by atoms with Crippen molar-refractivity contribution in [1.82, 2.24) is 14.5 Å². The molecule has 192 valence electrons. The molecule has 2 atom stereocenters. The van der Waals surface area contributed by atoms with E-state index in [1.54, 1.807) is 35.8 Å². The summed E-state index contributed by atoms with van der Waals surface area (Å²) >= 11 is 0. The second-order valence-corrected chi connectivity index (χ2v) is 8.88. The molecule has 5 rings (SSSR count). The summed E-state index contributed by atoms with van der Waals surface area (Å²) in [5.41, 5.74) is 1.50. The summed E-state index contributed by atoms with van der Waals surface area (Å²) in [6, 6.07) is 25.4. The van der Waals surface area contributed by atoms with Gasteiger partial charge in [-0.15, -0.1) is 0 Å². The minimum absolute atomic E-state index is 0.119. The Balaban J connectivity index is 1.78. The fourth-order valence-electron chi connectivity index (χ4n) is 4.91. The Kier molecular flexibility index (Phi) is 6.90. The van der Waals surface area contributed by atoms with Gasteiger partial charge < -0.3 is 9.84 Å². The summed E-state index contributed by atoms with van der Waals surface area (Å²) in [6.07, 6.45) is 1.83. The number of aromatic hydroxyl groups is 1. The Labute approximate surface area is 217 Å². The Morgan fingerprint density at radius 3 is 2.29 bits per heavy atom. The van der Waals surface area contributed by atoms with Crippen LogP contribution in [0.5, 0.6) is 5.88 Å². The van der Waals surface area contributed by atoms with E-state index in [4.69, 9.17) is 4.74 Å². The first-order chi connectivity index (χ1) is 18.5. The molecule has 9 heteroatoms. The number of benzene rings is 3. The molecule has 0 aliphatic rings. The molecule has 2 heterocycles. The number of carbonyl (C=O) groups excluding carboxylic acids is 1. The average molecular weight is 512 g/mol. The molecular formula is C29H27N4O5+. The Morgan fingerprint density at radius 2 is 1.61 bits per heavy atom. The zero-order valence-corrected chi connectivity index (χ0v) is 20.7. The maximum absolute atomic E-state index is 13.7. The highest BCUT2D eigenvalue weighted by atomic mass is 16.5. The molecule has 0 radical (unpaired) electrons. The summed E-state index contributed by atoms with van der Waals surface area (Å²) in [4.78, 5) is 43.1. The van der Waals surface area contributed by atoms with Crippen molar-refractivity contribution in [3.8, 4) is 5.88 Å². The lowest BCUT2D eigenvalue weighted by Crippen LogP contribution is -2.36. The predicted molar refractivity (Wildman–Crippen MR) is 141 cm³/mol. The number of ether oxygens (including phenoxy) is 1. The molecule has 38 heavy (non-hydrogen) atoms. The highest BCUT2D eigenvalue weighted by Crippen LogP contribution is 2.38. The topological polar surface area (TPSA) is 121 Å². The number of imidazole rings is 1. The van der Waals surface area contributed by atoms with E-state index in [1.807, 2.05) is 71.6 Å². The highest BCUT2D eigenvalue weighted by Gasteiger charge is 2.42. The standard InChI is InChI=1S/C29H26N4O5/c1-2-38-28(36)25(23(20-13-7-4-8-14-20)24-26(34)30-29(37)31-27(24)35)33-18-32(17-19-11-5-3-6-12-19)21-15-9-10-16-22(21)33/h3-16,18,23,25H,2,17H2,1H3,(H2-,30,31,34,35,37)/p+1. The van der Waals surface area contributed by atoms with Gasteiger partial charge in [0, 0.05) is 0 Å². The zero-order valence-electron chi connectivity index (χ0n) is 20.7. The van der Waals surface area contributed by atoms with E-state index in [0.717, 1.165) is 16.6 Å². The molecule has 0 saturated carbocycles. The maximum atomic E-state index is 13.7. The fraction of sp³-hybridized carbons (Fsp3) is 0.172. The van der Waals surface area contributed by atoms with Gasteiger partial charge in [-0.2, -0.15) is 0 Å². The fourth-order valence-corrected chi connectivity index (χ4v) is 4.91. The van der Waals surface area contributed by atoms with Crippen molar-refractivity contribution in [2.75, 3.05) is 6.61 Å². The van der Waals surface area contributed by atoms with Gasteiger partial charge in [0.25, 0.3) is 5.56 Å². The Morgan fingerprint density at radius 1 is 0.947 bits per heavy atom. The van der Waals surface area contributed by atoms with E-state index in [-0.39, 0.29) is 12.2 Å². The van der Waals surface area contributed by atoms with Gasteiger partial charge in [0.2, 0.25) is 18.2 Å². The van der Waals surface area contributed by atoms with Crippen molar-refractivity contribution >= 4 is 17.0 Å². The molecule has 3 N–H and O–H groups in total. The van der Waals surface area contributed by atoms with Crippen LogP contribution in [0.15, 0.2) is 101 Å². The van der Waals surface area contributed by atoms with E-state index in [1.165, 1.54) is 0 Å². The van der Waals surface area contributed by atoms with E-state index < -0.39 is 35.1 Å². The normalized spacial score (nSPS) is 12.8. The molecule has 2 aromatic heterocycles. The van der Waals surface area contributed by atoms with Crippen LogP contribution in [-0.2, 0) is 16.1 Å². The molecule has 0 bridgehead atoms. The quantitative estimate of drug-likeness (QED) is 0.219. The van der Waals surface area contributed by atoms with Crippen LogP contribution in [-0.4, -0.2) is 32.2 Å². The summed E-state index contributed by atoms with van der Waals surface area (Å²) < 4.78 is 9.33. The molecule has 0 amide bonds. The number of aromatic amines is 2. The number of H-pyrrole nitrogens is 2. The van der Waals surface area contributed by atoms with Crippen LogP contribution >= 0.6 is 0 Å². The largest absolute Gasteiger partial charge is 0.494 e. The smallest absolute Gasteiger partial charge is 0.352 e. The van der Waals surface area contributed by atoms with Crippen molar-refractivity contribution in [3.05, 3.63) is 129 Å². The number of nitrogens with one attached hydrogen (secondary N) is 2. The van der Waals surface area contributed by atoms with Gasteiger partial charge in [0.15, 0.2) is 11.0 Å². The number of nitrogens with zero attached hydrogens (tertiary/aromatic N) is 2. The van der Waals surface area contributed by atoms with Crippen LogP contribution in [0.2, 0.25) is 0 Å². The van der Waals surface area contributed by atoms with Gasteiger partial charge in [-0.3, -0.25) is 14.8 Å². The van der Waals surface area contributed by atoms with Crippen molar-refractivity contribution in [1.29, 1.82) is 0 Å². The van der Waals surface area contributed by atoms with Crippen LogP contribution in [0.25, 0.3) is 11.0 Å². The molecule has 0 aliphatic carbocycles. The lowest BCUT2D eigenvalue weighted by Gasteiger charge is -2.24. The number of esters is 1. The molecular weight excluding hydrogens is 484 g/mol. The number of hydrogen-bond acceptors (Lipinski definition) is 5. The first-order valence-corrected chi connectivity index (χ1v) is 12.3. The third kappa shape index (κ3) is 4.73. The van der Waals surface area contributed by atoms with E-state index in [9.17, 15) is 19.5 Å². The van der Waals surface area contributed by atoms with E-state index >= 15 is 0 Å². The molecule has 5 aromatic rings. The second-order valence-electron chi connectivity index (χ2n) is 8.88. The number of para-hydroxylation sites is 2. The summed E-state index contributed by atoms with van der Waals surface area (Å²) in [5.74, 6) is -2.17. The number of carbonyl (C=O) groups is 1. The minimum Gasteiger partial charge on any atom is -0.494 e. The zero-order chi connectivity index (χ0) is 26.6. The third-order valence-corrected chi connectivity index (χ3v) is 6.50. The first-order valence-electron chi connectivity index (χ1n) is 12.3. The molecule has 0 fully saturated rings. The third-order valence-electron chi connectivity index (χ3n) is 6.50. The summed E-state index contributed by atoms with van der Waals surface area (Å²) in [7, 11) is 0. The van der Waals surface area contributed by atoms with E-state index in [2.05, 4.69) is 9.97 Å². The highest BCUT2D eigenvalue weighted by molar-refractivity contribution is 5.81. The van der Waals surface area contributed by atoms with Gasteiger partial charge in [0.05, 0.1) is 18.1 Å². The molecule has 3 aromatic carbocycles. The van der Waals surface area contributed by atoms with Crippen LogP contribution in [0.1, 0.15) is 35.6 Å². The SMILES string of the molecule is CCOC(=O)C(C(c1ccccc1)c1c(O)[nH]c(=O)[nH]c1=O)n1c[n+](Cc2ccccc2)c2ccccc21. The lowest BCUT2D eigenvalue weighted by atomic mass is 9.85. The maximum Gasteiger partial charge on any atom is 0.352 e. The second kappa shape index (κ2) is 10.6. The van der Waals surface area contributed by atoms with Crippen molar-refractivity contribution in [3.63, 3.8) is 0 Å². The number of fused-ring (bicyclic) bond motifs is 1. The van der Waals surface area contributed by atoms with Crippen molar-refractivity contribution in [2.45, 2.75) is 25.4 Å². The van der Waals surface area contributed by atoms with E-state index in [0.29, 0.717) is 12.1 Å². The van der Waals surface area contributed by atoms with Crippen molar-refractivity contribution < 1.29 is 19.2 Å². The van der Waals surface area contributed by atoms with Gasteiger partial charge in [-0.1, -0.05) is 72.8 Å².